The molecule has 1 unspecified atom stereocenters. The Morgan fingerprint density at radius 2 is 2.28 bits per heavy atom. The second-order valence-corrected chi connectivity index (χ2v) is 6.89. The number of nitrogens with two attached hydrogens (primary N) is 1. The first kappa shape index (κ1) is 20.4. The Balaban J connectivity index is 1.93. The standard InChI is InChI=1S/C21H20ClN5O2/c1-11-13-5-7-17(20(13)27-21(22)15(11)9-23)29-12-4-6-16(24)14(8-12)19(25)18(28-3)10-26-2/h4,6,8,10,17,25H,2,5,7,24H2,1,3H3/b18-10-,25-19?. The van der Waals surface area contributed by atoms with Gasteiger partial charge in [-0.05, 0) is 55.8 Å². The van der Waals surface area contributed by atoms with Crippen molar-refractivity contribution in [3.05, 3.63) is 63.3 Å². The molecule has 8 heteroatoms. The fourth-order valence-corrected chi connectivity index (χ4v) is 3.67. The number of ether oxygens (including phenoxy) is 2. The Morgan fingerprint density at radius 3 is 2.93 bits per heavy atom. The lowest BCUT2D eigenvalue weighted by Crippen LogP contribution is -2.11. The summed E-state index contributed by atoms with van der Waals surface area (Å²) in [5, 5.41) is 17.8. The van der Waals surface area contributed by atoms with E-state index in [2.05, 4.69) is 22.8 Å². The minimum Gasteiger partial charge on any atom is -0.493 e. The van der Waals surface area contributed by atoms with E-state index in [4.69, 9.17) is 32.2 Å². The topological polar surface area (TPSA) is 117 Å². The molecule has 0 radical (unpaired) electrons. The molecule has 3 rings (SSSR count). The van der Waals surface area contributed by atoms with Crippen molar-refractivity contribution in [3.8, 4) is 11.8 Å². The van der Waals surface area contributed by atoms with E-state index in [9.17, 15) is 5.26 Å². The quantitative estimate of drug-likeness (QED) is 0.322. The van der Waals surface area contributed by atoms with Gasteiger partial charge in [-0.1, -0.05) is 11.6 Å². The fourth-order valence-electron chi connectivity index (χ4n) is 3.39. The first-order valence-electron chi connectivity index (χ1n) is 8.85. The lowest BCUT2D eigenvalue weighted by atomic mass is 10.0. The van der Waals surface area contributed by atoms with E-state index in [0.717, 1.165) is 29.7 Å². The molecule has 1 aliphatic carbocycles. The highest BCUT2D eigenvalue weighted by atomic mass is 35.5. The maximum atomic E-state index is 9.28. The van der Waals surface area contributed by atoms with Crippen LogP contribution in [0.25, 0.3) is 0 Å². The van der Waals surface area contributed by atoms with E-state index in [1.54, 1.807) is 18.2 Å². The van der Waals surface area contributed by atoms with Crippen LogP contribution in [0, 0.1) is 23.7 Å². The van der Waals surface area contributed by atoms with E-state index in [0.29, 0.717) is 22.6 Å². The predicted octanol–water partition coefficient (Wildman–Crippen LogP) is 4.12. The number of benzene rings is 1. The molecule has 1 heterocycles. The monoisotopic (exact) mass is 409 g/mol. The third-order valence-electron chi connectivity index (χ3n) is 4.88. The number of fused-ring (bicyclic) bond motifs is 1. The van der Waals surface area contributed by atoms with Crippen molar-refractivity contribution < 1.29 is 9.47 Å². The van der Waals surface area contributed by atoms with Crippen molar-refractivity contribution in [2.75, 3.05) is 12.8 Å². The number of nitriles is 1. The third kappa shape index (κ3) is 3.80. The molecule has 2 aromatic rings. The van der Waals surface area contributed by atoms with E-state index in [1.165, 1.54) is 13.3 Å². The Labute approximate surface area is 174 Å². The Bertz CT molecular complexity index is 1070. The van der Waals surface area contributed by atoms with Gasteiger partial charge in [-0.15, -0.1) is 0 Å². The number of aliphatic imine (C=N–C) groups is 1. The minimum atomic E-state index is -0.299. The lowest BCUT2D eigenvalue weighted by Gasteiger charge is -2.17. The summed E-state index contributed by atoms with van der Waals surface area (Å²) >= 11 is 6.18. The van der Waals surface area contributed by atoms with Crippen molar-refractivity contribution >= 4 is 29.7 Å². The zero-order chi connectivity index (χ0) is 21.1. The van der Waals surface area contributed by atoms with Crippen LogP contribution in [-0.2, 0) is 11.2 Å². The largest absolute Gasteiger partial charge is 0.493 e. The maximum Gasteiger partial charge on any atom is 0.162 e. The first-order chi connectivity index (χ1) is 13.9. The molecule has 0 saturated carbocycles. The number of allylic oxidation sites excluding steroid dienone is 1. The van der Waals surface area contributed by atoms with Crippen molar-refractivity contribution in [2.45, 2.75) is 25.9 Å². The van der Waals surface area contributed by atoms with Gasteiger partial charge in [0.1, 0.15) is 28.8 Å². The number of hydrogen-bond donors (Lipinski definition) is 2. The third-order valence-corrected chi connectivity index (χ3v) is 5.16. The summed E-state index contributed by atoms with van der Waals surface area (Å²) in [5.74, 6) is 0.780. The number of halogens is 1. The van der Waals surface area contributed by atoms with Crippen molar-refractivity contribution in [1.29, 1.82) is 10.7 Å². The highest BCUT2D eigenvalue weighted by Crippen LogP contribution is 2.38. The molecule has 0 spiro atoms. The van der Waals surface area contributed by atoms with Gasteiger partial charge in [-0.25, -0.2) is 4.98 Å². The molecule has 0 amide bonds. The molecule has 148 valence electrons. The summed E-state index contributed by atoms with van der Waals surface area (Å²) in [4.78, 5) is 8.06. The predicted molar refractivity (Wildman–Crippen MR) is 113 cm³/mol. The second-order valence-electron chi connectivity index (χ2n) is 6.53. The molecule has 1 atom stereocenters. The van der Waals surface area contributed by atoms with Crippen LogP contribution in [0.4, 0.5) is 5.69 Å². The average Bonchev–Trinajstić information content (AvgIpc) is 3.10. The molecule has 7 nitrogen and oxygen atoms in total. The van der Waals surface area contributed by atoms with Crippen LogP contribution in [0.1, 0.15) is 40.5 Å². The Morgan fingerprint density at radius 1 is 1.52 bits per heavy atom. The SMILES string of the molecule is C=N/C=C(\OC)C(=N)c1cc(OC2CCc3c2nc(Cl)c(C#N)c3C)ccc1N. The van der Waals surface area contributed by atoms with E-state index < -0.39 is 0 Å². The van der Waals surface area contributed by atoms with Crippen LogP contribution < -0.4 is 10.5 Å². The van der Waals surface area contributed by atoms with Crippen LogP contribution in [-0.4, -0.2) is 24.5 Å². The molecular formula is C21H20ClN5O2. The summed E-state index contributed by atoms with van der Waals surface area (Å²) in [7, 11) is 1.45. The van der Waals surface area contributed by atoms with Gasteiger partial charge in [0, 0.05) is 11.3 Å². The number of nitrogen functional groups attached to an aromatic ring is 1. The van der Waals surface area contributed by atoms with Crippen molar-refractivity contribution in [3.63, 3.8) is 0 Å². The van der Waals surface area contributed by atoms with Gasteiger partial charge >= 0.3 is 0 Å². The number of anilines is 1. The molecule has 0 saturated heterocycles. The van der Waals surface area contributed by atoms with Crippen LogP contribution in [0.15, 0.2) is 35.2 Å². The van der Waals surface area contributed by atoms with Crippen LogP contribution in [0.5, 0.6) is 5.75 Å². The molecular weight excluding hydrogens is 390 g/mol. The molecule has 1 aromatic carbocycles. The minimum absolute atomic E-state index is 0.0744. The molecule has 1 aliphatic rings. The molecule has 0 aliphatic heterocycles. The first-order valence-corrected chi connectivity index (χ1v) is 9.23. The number of rotatable bonds is 6. The van der Waals surface area contributed by atoms with Gasteiger partial charge in [0.15, 0.2) is 5.76 Å². The van der Waals surface area contributed by atoms with Crippen LogP contribution in [0.3, 0.4) is 0 Å². The highest BCUT2D eigenvalue weighted by Gasteiger charge is 2.30. The summed E-state index contributed by atoms with van der Waals surface area (Å²) < 4.78 is 11.3. The summed E-state index contributed by atoms with van der Waals surface area (Å²) in [5.41, 5.74) is 9.99. The number of nitrogens with one attached hydrogen (secondary N) is 1. The Hall–Kier alpha value is -3.37. The normalized spacial score (nSPS) is 15.4. The summed E-state index contributed by atoms with van der Waals surface area (Å²) in [6.45, 7) is 5.26. The number of methoxy groups -OCH3 is 1. The van der Waals surface area contributed by atoms with Gasteiger partial charge in [0.2, 0.25) is 0 Å². The van der Waals surface area contributed by atoms with Crippen molar-refractivity contribution in [1.82, 2.24) is 4.98 Å². The summed E-state index contributed by atoms with van der Waals surface area (Å²) in [6.07, 6.45) is 2.52. The number of nitrogens with zero attached hydrogens (tertiary/aromatic N) is 3. The van der Waals surface area contributed by atoms with Gasteiger partial charge in [0.25, 0.3) is 0 Å². The smallest absolute Gasteiger partial charge is 0.162 e. The molecule has 1 aromatic heterocycles. The lowest BCUT2D eigenvalue weighted by molar-refractivity contribution is 0.203. The van der Waals surface area contributed by atoms with Crippen LogP contribution >= 0.6 is 11.6 Å². The summed E-state index contributed by atoms with van der Waals surface area (Å²) in [6, 6.07) is 7.21. The molecule has 29 heavy (non-hydrogen) atoms. The van der Waals surface area contributed by atoms with Gasteiger partial charge < -0.3 is 15.2 Å². The number of hydrogen-bond acceptors (Lipinski definition) is 7. The fraction of sp³-hybridized carbons (Fsp3) is 0.238. The average molecular weight is 410 g/mol. The van der Waals surface area contributed by atoms with Crippen molar-refractivity contribution in [2.24, 2.45) is 4.99 Å². The maximum absolute atomic E-state index is 9.28. The van der Waals surface area contributed by atoms with Gasteiger partial charge in [0.05, 0.1) is 24.6 Å². The van der Waals surface area contributed by atoms with E-state index >= 15 is 0 Å². The molecule has 0 fully saturated rings. The zero-order valence-electron chi connectivity index (χ0n) is 16.1. The highest BCUT2D eigenvalue weighted by molar-refractivity contribution is 6.30. The number of pyridine rings is 1. The van der Waals surface area contributed by atoms with E-state index in [1.807, 2.05) is 6.92 Å². The number of aromatic nitrogens is 1. The zero-order valence-corrected chi connectivity index (χ0v) is 16.9. The van der Waals surface area contributed by atoms with Gasteiger partial charge in [-0.3, -0.25) is 10.4 Å². The molecule has 3 N–H and O–H groups in total. The van der Waals surface area contributed by atoms with Gasteiger partial charge in [-0.2, -0.15) is 5.26 Å². The second kappa shape index (κ2) is 8.33. The Kier molecular flexibility index (Phi) is 5.85. The van der Waals surface area contributed by atoms with Crippen LogP contribution in [0.2, 0.25) is 5.15 Å². The molecule has 0 bridgehead atoms. The van der Waals surface area contributed by atoms with E-state index in [-0.39, 0.29) is 22.7 Å².